The number of hydrogen-bond donors (Lipinski definition) is 1. The minimum Gasteiger partial charge on any atom is -0.307 e. The van der Waals surface area contributed by atoms with Crippen LogP contribution in [0.1, 0.15) is 17.4 Å². The Balaban J connectivity index is 1.98. The monoisotopic (exact) mass is 302 g/mol. The van der Waals surface area contributed by atoms with E-state index in [-0.39, 0.29) is 6.04 Å². The molecule has 21 heavy (non-hydrogen) atoms. The highest BCUT2D eigenvalue weighted by molar-refractivity contribution is 6.31. The number of rotatable bonds is 4. The molecular weight excluding hydrogens is 288 g/mol. The lowest BCUT2D eigenvalue weighted by Crippen LogP contribution is -2.21. The Labute approximate surface area is 127 Å². The number of nitrogens with zero attached hydrogens (tertiary/aromatic N) is 5. The van der Waals surface area contributed by atoms with Gasteiger partial charge in [0.2, 0.25) is 0 Å². The number of para-hydroxylation sites is 1. The first-order valence-corrected chi connectivity index (χ1v) is 6.91. The number of aromatic nitrogens is 5. The van der Waals surface area contributed by atoms with E-state index in [9.17, 15) is 0 Å². The molecule has 0 amide bonds. The fourth-order valence-corrected chi connectivity index (χ4v) is 2.54. The van der Waals surface area contributed by atoms with E-state index in [1.807, 2.05) is 44.4 Å². The predicted octanol–water partition coefficient (Wildman–Crippen LogP) is 1.96. The average molecular weight is 303 g/mol. The van der Waals surface area contributed by atoms with Gasteiger partial charge in [-0.05, 0) is 19.2 Å². The van der Waals surface area contributed by atoms with E-state index in [0.717, 1.165) is 17.1 Å². The molecule has 0 aliphatic rings. The summed E-state index contributed by atoms with van der Waals surface area (Å²) in [5.74, 6) is 0. The smallest absolute Gasteiger partial charge is 0.106 e. The second-order valence-corrected chi connectivity index (χ2v) is 5.02. The first-order chi connectivity index (χ1) is 10.2. The summed E-state index contributed by atoms with van der Waals surface area (Å²) in [5, 5.41) is 16.8. The van der Waals surface area contributed by atoms with Crippen molar-refractivity contribution in [1.82, 2.24) is 30.1 Å². The molecule has 1 unspecified atom stereocenters. The minimum atomic E-state index is -0.164. The van der Waals surface area contributed by atoms with Crippen LogP contribution in [0.5, 0.6) is 0 Å². The Kier molecular flexibility index (Phi) is 3.72. The second-order valence-electron chi connectivity index (χ2n) is 4.62. The van der Waals surface area contributed by atoms with Crippen molar-refractivity contribution in [3.63, 3.8) is 0 Å². The van der Waals surface area contributed by atoms with Gasteiger partial charge in [0.05, 0.1) is 34.8 Å². The highest BCUT2D eigenvalue weighted by Crippen LogP contribution is 2.26. The third kappa shape index (κ3) is 2.55. The summed E-state index contributed by atoms with van der Waals surface area (Å²) in [6, 6.07) is 9.60. The molecule has 0 saturated carbocycles. The quantitative estimate of drug-likeness (QED) is 0.800. The molecule has 0 saturated heterocycles. The molecule has 7 heteroatoms. The van der Waals surface area contributed by atoms with E-state index in [1.165, 1.54) is 0 Å². The largest absolute Gasteiger partial charge is 0.307 e. The molecular formula is C14H15ClN6. The molecule has 108 valence electrons. The molecule has 1 aromatic carbocycles. The van der Waals surface area contributed by atoms with Crippen molar-refractivity contribution < 1.29 is 0 Å². The Morgan fingerprint density at radius 3 is 2.52 bits per heavy atom. The molecule has 0 aliphatic carbocycles. The molecule has 0 spiro atoms. The summed E-state index contributed by atoms with van der Waals surface area (Å²) in [6.07, 6.45) is 3.36. The molecule has 0 fully saturated rings. The lowest BCUT2D eigenvalue weighted by atomic mass is 10.1. The SMILES string of the molecule is CNC(c1cnn(-c2ccccc2)n1)c1c(Cl)cnn1C. The summed E-state index contributed by atoms with van der Waals surface area (Å²) in [6.45, 7) is 0. The summed E-state index contributed by atoms with van der Waals surface area (Å²) in [7, 11) is 3.71. The van der Waals surface area contributed by atoms with Crippen LogP contribution in [0.2, 0.25) is 5.02 Å². The zero-order valence-corrected chi connectivity index (χ0v) is 12.5. The second kappa shape index (κ2) is 5.67. The van der Waals surface area contributed by atoms with E-state index in [2.05, 4.69) is 20.6 Å². The van der Waals surface area contributed by atoms with Crippen molar-refractivity contribution in [3.8, 4) is 5.69 Å². The van der Waals surface area contributed by atoms with Crippen LogP contribution >= 0.6 is 11.6 Å². The standard InChI is InChI=1S/C14H15ClN6/c1-16-13(14-11(15)8-17-20(14)2)12-9-18-21(19-12)10-6-4-3-5-7-10/h3-9,13,16H,1-2H3. The van der Waals surface area contributed by atoms with Crippen LogP contribution in [-0.2, 0) is 7.05 Å². The number of aryl methyl sites for hydroxylation is 1. The molecule has 2 aromatic heterocycles. The van der Waals surface area contributed by atoms with Gasteiger partial charge in [-0.25, -0.2) is 0 Å². The topological polar surface area (TPSA) is 60.6 Å². The molecule has 0 aliphatic heterocycles. The van der Waals surface area contributed by atoms with Gasteiger partial charge in [0.25, 0.3) is 0 Å². The maximum atomic E-state index is 6.21. The van der Waals surface area contributed by atoms with Crippen molar-refractivity contribution in [2.75, 3.05) is 7.05 Å². The molecule has 0 bridgehead atoms. The number of halogens is 1. The maximum absolute atomic E-state index is 6.21. The number of nitrogens with one attached hydrogen (secondary N) is 1. The summed E-state index contributed by atoms with van der Waals surface area (Å²) in [4.78, 5) is 1.60. The highest BCUT2D eigenvalue weighted by atomic mass is 35.5. The summed E-state index contributed by atoms with van der Waals surface area (Å²) >= 11 is 6.21. The minimum absolute atomic E-state index is 0.164. The van der Waals surface area contributed by atoms with Crippen LogP contribution in [0.4, 0.5) is 0 Å². The molecule has 3 rings (SSSR count). The normalized spacial score (nSPS) is 12.5. The third-order valence-corrected chi connectivity index (χ3v) is 3.58. The fraction of sp³-hybridized carbons (Fsp3) is 0.214. The molecule has 0 radical (unpaired) electrons. The van der Waals surface area contributed by atoms with Gasteiger partial charge in [-0.3, -0.25) is 4.68 Å². The molecule has 2 heterocycles. The van der Waals surface area contributed by atoms with E-state index in [0.29, 0.717) is 5.02 Å². The van der Waals surface area contributed by atoms with Crippen molar-refractivity contribution in [1.29, 1.82) is 0 Å². The van der Waals surface area contributed by atoms with Crippen molar-refractivity contribution in [3.05, 3.63) is 59.1 Å². The number of benzene rings is 1. The van der Waals surface area contributed by atoms with Crippen LogP contribution in [0.3, 0.4) is 0 Å². The lowest BCUT2D eigenvalue weighted by molar-refractivity contribution is 0.587. The van der Waals surface area contributed by atoms with Crippen LogP contribution < -0.4 is 5.32 Å². The van der Waals surface area contributed by atoms with Gasteiger partial charge in [-0.1, -0.05) is 29.8 Å². The molecule has 1 atom stereocenters. The van der Waals surface area contributed by atoms with Crippen molar-refractivity contribution in [2.45, 2.75) is 6.04 Å². The number of hydrogen-bond acceptors (Lipinski definition) is 4. The van der Waals surface area contributed by atoms with Gasteiger partial charge in [-0.15, -0.1) is 0 Å². The Morgan fingerprint density at radius 1 is 1.14 bits per heavy atom. The van der Waals surface area contributed by atoms with E-state index < -0.39 is 0 Å². The molecule has 3 aromatic rings. The molecule has 1 N–H and O–H groups in total. The fourth-order valence-electron chi connectivity index (χ4n) is 2.26. The summed E-state index contributed by atoms with van der Waals surface area (Å²) in [5.41, 5.74) is 2.56. The van der Waals surface area contributed by atoms with Crippen molar-refractivity contribution in [2.24, 2.45) is 7.05 Å². The van der Waals surface area contributed by atoms with Gasteiger partial charge >= 0.3 is 0 Å². The van der Waals surface area contributed by atoms with Gasteiger partial charge in [-0.2, -0.15) is 20.1 Å². The Hall–Kier alpha value is -2.18. The van der Waals surface area contributed by atoms with E-state index >= 15 is 0 Å². The third-order valence-electron chi connectivity index (χ3n) is 3.29. The zero-order chi connectivity index (χ0) is 14.8. The summed E-state index contributed by atoms with van der Waals surface area (Å²) < 4.78 is 1.74. The van der Waals surface area contributed by atoms with Crippen LogP contribution in [0, 0.1) is 0 Å². The van der Waals surface area contributed by atoms with Crippen LogP contribution in [0.15, 0.2) is 42.7 Å². The van der Waals surface area contributed by atoms with Crippen LogP contribution in [-0.4, -0.2) is 31.8 Å². The van der Waals surface area contributed by atoms with E-state index in [1.54, 1.807) is 21.9 Å². The maximum Gasteiger partial charge on any atom is 0.106 e. The van der Waals surface area contributed by atoms with Gasteiger partial charge < -0.3 is 5.32 Å². The highest BCUT2D eigenvalue weighted by Gasteiger charge is 2.22. The van der Waals surface area contributed by atoms with Gasteiger partial charge in [0, 0.05) is 7.05 Å². The lowest BCUT2D eigenvalue weighted by Gasteiger charge is -2.14. The van der Waals surface area contributed by atoms with Gasteiger partial charge in [0.15, 0.2) is 0 Å². The average Bonchev–Trinajstić information content (AvgIpc) is 3.11. The van der Waals surface area contributed by atoms with Gasteiger partial charge in [0.1, 0.15) is 5.69 Å². The van der Waals surface area contributed by atoms with Crippen LogP contribution in [0.25, 0.3) is 5.69 Å². The first-order valence-electron chi connectivity index (χ1n) is 6.53. The Morgan fingerprint density at radius 2 is 1.90 bits per heavy atom. The van der Waals surface area contributed by atoms with Crippen molar-refractivity contribution >= 4 is 11.6 Å². The zero-order valence-electron chi connectivity index (χ0n) is 11.7. The Bertz CT molecular complexity index is 714. The first kappa shape index (κ1) is 13.8. The predicted molar refractivity (Wildman–Crippen MR) is 80.5 cm³/mol. The molecule has 6 nitrogen and oxygen atoms in total. The van der Waals surface area contributed by atoms with E-state index in [4.69, 9.17) is 11.6 Å².